The Balaban J connectivity index is 1.62. The molecule has 1 unspecified atom stereocenters. The maximum absolute atomic E-state index is 13.5. The van der Waals surface area contributed by atoms with Crippen LogP contribution in [-0.4, -0.2) is 44.9 Å². The predicted molar refractivity (Wildman–Crippen MR) is 154 cm³/mol. The number of nitrogen functional groups attached to an aromatic ring is 1. The number of benzene rings is 2. The van der Waals surface area contributed by atoms with Crippen LogP contribution < -0.4 is 15.2 Å². The Morgan fingerprint density at radius 1 is 1.02 bits per heavy atom. The molecule has 0 fully saturated rings. The van der Waals surface area contributed by atoms with Crippen LogP contribution >= 0.6 is 0 Å². The first kappa shape index (κ1) is 31.6. The molecule has 2 atom stereocenters. The van der Waals surface area contributed by atoms with Gasteiger partial charge in [0.1, 0.15) is 35.2 Å². The number of halogens is 6. The average Bonchev–Trinajstić information content (AvgIpc) is 3.59. The molecule has 0 bridgehead atoms. The van der Waals surface area contributed by atoms with E-state index in [-0.39, 0.29) is 22.9 Å². The summed E-state index contributed by atoms with van der Waals surface area (Å²) < 4.78 is 114. The first-order valence-corrected chi connectivity index (χ1v) is 14.7. The van der Waals surface area contributed by atoms with Gasteiger partial charge in [-0.3, -0.25) is 14.1 Å². The number of anilines is 2. The lowest BCUT2D eigenvalue weighted by Gasteiger charge is -2.19. The van der Waals surface area contributed by atoms with Crippen molar-refractivity contribution in [2.24, 2.45) is 7.05 Å². The third kappa shape index (κ3) is 6.25. The number of rotatable bonds is 9. The summed E-state index contributed by atoms with van der Waals surface area (Å²) in [5, 5.41) is 8.72. The number of aryl methyl sites for hydroxylation is 1. The second-order valence-electron chi connectivity index (χ2n) is 10.1. The second-order valence-corrected chi connectivity index (χ2v) is 11.8. The first-order valence-electron chi connectivity index (χ1n) is 13.2. The van der Waals surface area contributed by atoms with Crippen molar-refractivity contribution in [3.63, 3.8) is 0 Å². The summed E-state index contributed by atoms with van der Waals surface area (Å²) >= 11 is 0. The molecule has 17 heteroatoms. The second kappa shape index (κ2) is 11.6. The van der Waals surface area contributed by atoms with Gasteiger partial charge >= 0.3 is 11.9 Å². The molecule has 0 saturated carbocycles. The number of nitrogens with zero attached hydrogens (tertiary/aromatic N) is 5. The molecule has 0 amide bonds. The van der Waals surface area contributed by atoms with Crippen LogP contribution in [0.2, 0.25) is 0 Å². The maximum Gasteiger partial charge on any atom is 0.410 e. The van der Waals surface area contributed by atoms with Crippen LogP contribution in [0.15, 0.2) is 61.1 Å². The number of nitrogens with two attached hydrogens (primary N) is 1. The maximum atomic E-state index is 13.5. The Labute approximate surface area is 252 Å². The van der Waals surface area contributed by atoms with Gasteiger partial charge in [-0.2, -0.15) is 32.1 Å². The molecule has 3 aromatic heterocycles. The van der Waals surface area contributed by atoms with Crippen LogP contribution in [0.3, 0.4) is 0 Å². The quantitative estimate of drug-likeness (QED) is 0.175. The molecular weight excluding hydrogens is 628 g/mol. The normalized spacial score (nSPS) is 13.7. The number of alkyl halides is 5. The number of aromatic nitrogens is 5. The summed E-state index contributed by atoms with van der Waals surface area (Å²) in [6, 6.07) is 7.38. The number of sulfonamides is 1. The molecule has 0 saturated heterocycles. The van der Waals surface area contributed by atoms with Gasteiger partial charge in [-0.25, -0.2) is 17.8 Å². The van der Waals surface area contributed by atoms with Gasteiger partial charge in [0.25, 0.3) is 10.0 Å². The molecule has 5 rings (SSSR count). The van der Waals surface area contributed by atoms with E-state index in [9.17, 15) is 34.8 Å². The number of fused-ring (bicyclic) bond motifs is 1. The molecule has 3 N–H and O–H groups in total. The van der Waals surface area contributed by atoms with Gasteiger partial charge < -0.3 is 10.5 Å². The van der Waals surface area contributed by atoms with Gasteiger partial charge in [0.05, 0.1) is 22.8 Å². The molecule has 2 aromatic carbocycles. The van der Waals surface area contributed by atoms with Gasteiger partial charge in [-0.05, 0) is 43.7 Å². The van der Waals surface area contributed by atoms with Gasteiger partial charge in [0, 0.05) is 36.1 Å². The zero-order valence-electron chi connectivity index (χ0n) is 23.7. The number of nitrogens with one attached hydrogen (secondary N) is 1. The molecule has 238 valence electrons. The van der Waals surface area contributed by atoms with Crippen LogP contribution in [-0.2, 0) is 17.1 Å². The molecule has 0 spiro atoms. The predicted octanol–water partition coefficient (Wildman–Crippen LogP) is 6.45. The van der Waals surface area contributed by atoms with Crippen molar-refractivity contribution in [2.45, 2.75) is 37.9 Å². The SMILES string of the molecule is CC(n1cc(-c2cnc(N)c3c(-c4ccc(NS(=O)(=O)C(F)F)c(O[C@@H](C)c5ccc(F)cc5)c4)nn(C)c23)cn1)C(F)(F)F. The highest BCUT2D eigenvalue weighted by Gasteiger charge is 2.38. The lowest BCUT2D eigenvalue weighted by atomic mass is 10.0. The minimum atomic E-state index is -5.09. The Bertz CT molecular complexity index is 1980. The minimum Gasteiger partial charge on any atom is -0.484 e. The van der Waals surface area contributed by atoms with Crippen molar-refractivity contribution < 1.29 is 39.5 Å². The van der Waals surface area contributed by atoms with Gasteiger partial charge in [0.2, 0.25) is 0 Å². The third-order valence-electron chi connectivity index (χ3n) is 7.06. The van der Waals surface area contributed by atoms with Crippen LogP contribution in [0.1, 0.15) is 31.6 Å². The molecule has 0 aliphatic carbocycles. The zero-order valence-corrected chi connectivity index (χ0v) is 24.5. The average molecular weight is 654 g/mol. The number of ether oxygens (including phenoxy) is 1. The van der Waals surface area contributed by atoms with Crippen LogP contribution in [0.5, 0.6) is 5.75 Å². The van der Waals surface area contributed by atoms with E-state index in [1.165, 1.54) is 65.7 Å². The summed E-state index contributed by atoms with van der Waals surface area (Å²) in [5.74, 6) is -4.35. The third-order valence-corrected chi connectivity index (χ3v) is 8.03. The van der Waals surface area contributed by atoms with E-state index in [0.29, 0.717) is 33.2 Å². The van der Waals surface area contributed by atoms with Gasteiger partial charge in [0.15, 0.2) is 0 Å². The summed E-state index contributed by atoms with van der Waals surface area (Å²) in [5.41, 5.74) is 8.10. The van der Waals surface area contributed by atoms with Crippen molar-refractivity contribution in [2.75, 3.05) is 10.5 Å². The highest BCUT2D eigenvalue weighted by atomic mass is 32.2. The van der Waals surface area contributed by atoms with Crippen molar-refractivity contribution in [3.05, 3.63) is 72.4 Å². The van der Waals surface area contributed by atoms with Crippen LogP contribution in [0, 0.1) is 5.82 Å². The molecule has 45 heavy (non-hydrogen) atoms. The fourth-order valence-corrected chi connectivity index (χ4v) is 5.19. The van der Waals surface area contributed by atoms with Crippen LogP contribution in [0.25, 0.3) is 33.3 Å². The van der Waals surface area contributed by atoms with Crippen molar-refractivity contribution in [1.29, 1.82) is 0 Å². The van der Waals surface area contributed by atoms with Crippen molar-refractivity contribution in [1.82, 2.24) is 24.5 Å². The highest BCUT2D eigenvalue weighted by molar-refractivity contribution is 7.93. The van der Waals surface area contributed by atoms with E-state index in [1.54, 1.807) is 14.0 Å². The topological polar surface area (TPSA) is 130 Å². The molecule has 0 aliphatic heterocycles. The van der Waals surface area contributed by atoms with Crippen molar-refractivity contribution in [3.8, 4) is 28.1 Å². The van der Waals surface area contributed by atoms with E-state index in [1.807, 2.05) is 4.72 Å². The molecular formula is C28H25F6N7O3S. The summed E-state index contributed by atoms with van der Waals surface area (Å²) in [6.45, 7) is 2.56. The lowest BCUT2D eigenvalue weighted by Crippen LogP contribution is -2.23. The molecule has 3 heterocycles. The Morgan fingerprint density at radius 2 is 1.71 bits per heavy atom. The van der Waals surface area contributed by atoms with E-state index in [2.05, 4.69) is 15.2 Å². The number of hydrogen-bond acceptors (Lipinski definition) is 7. The van der Waals surface area contributed by atoms with E-state index < -0.39 is 39.9 Å². The first-order chi connectivity index (χ1) is 21.1. The molecule has 10 nitrogen and oxygen atoms in total. The minimum absolute atomic E-state index is 0.0255. The molecule has 0 aliphatic rings. The standard InChI is InChI=1S/C28H25F6N7O3S/c1-14(16-4-7-19(29)8-5-16)44-22-10-17(6-9-21(22)39-45(42,43)27(30)31)24-23-25(40(3)38-24)20(12-36-26(23)35)18-11-37-41(13-18)15(2)28(32,33)34/h4-15,27,39H,1-3H3,(H2,35,36)/t14-,15?/m0/s1. The zero-order chi connectivity index (χ0) is 32.8. The Hall–Kier alpha value is -4.80. The van der Waals surface area contributed by atoms with Crippen molar-refractivity contribution >= 4 is 32.4 Å². The van der Waals surface area contributed by atoms with Gasteiger partial charge in [-0.1, -0.05) is 18.2 Å². The fourth-order valence-electron chi connectivity index (χ4n) is 4.63. The number of pyridine rings is 1. The summed E-state index contributed by atoms with van der Waals surface area (Å²) in [7, 11) is -3.51. The number of hydrogen-bond donors (Lipinski definition) is 2. The molecule has 5 aromatic rings. The lowest BCUT2D eigenvalue weighted by molar-refractivity contribution is -0.165. The van der Waals surface area contributed by atoms with E-state index in [4.69, 9.17) is 10.5 Å². The van der Waals surface area contributed by atoms with Gasteiger partial charge in [-0.15, -0.1) is 0 Å². The fraction of sp³-hybridized carbons (Fsp3) is 0.250. The Kier molecular flexibility index (Phi) is 8.16. The largest absolute Gasteiger partial charge is 0.484 e. The summed E-state index contributed by atoms with van der Waals surface area (Å²) in [6.07, 6.45) is -1.45. The highest BCUT2D eigenvalue weighted by Crippen LogP contribution is 2.41. The Morgan fingerprint density at radius 3 is 2.36 bits per heavy atom. The monoisotopic (exact) mass is 653 g/mol. The smallest absolute Gasteiger partial charge is 0.410 e. The van der Waals surface area contributed by atoms with E-state index >= 15 is 0 Å². The summed E-state index contributed by atoms with van der Waals surface area (Å²) in [4.78, 5) is 4.22. The van der Waals surface area contributed by atoms with E-state index in [0.717, 1.165) is 11.6 Å². The molecule has 0 radical (unpaired) electrons. The van der Waals surface area contributed by atoms with Crippen LogP contribution in [0.4, 0.5) is 37.8 Å².